The van der Waals surface area contributed by atoms with Gasteiger partial charge in [0.05, 0.1) is 8.95 Å². The van der Waals surface area contributed by atoms with Crippen molar-refractivity contribution < 1.29 is 19.7 Å². The number of phenolic OH excluding ortho intramolecular Hbond substituents is 1. The van der Waals surface area contributed by atoms with E-state index in [0.29, 0.717) is 32.4 Å². The van der Waals surface area contributed by atoms with Gasteiger partial charge in [-0.1, -0.05) is 30.3 Å². The summed E-state index contributed by atoms with van der Waals surface area (Å²) in [6.45, 7) is 0. The Morgan fingerprint density at radius 1 is 0.963 bits per heavy atom. The van der Waals surface area contributed by atoms with Crippen LogP contribution in [-0.4, -0.2) is 16.2 Å². The molecule has 0 atom stereocenters. The molecule has 0 unspecified atom stereocenters. The highest BCUT2D eigenvalue weighted by atomic mass is 79.9. The molecule has 3 aromatic rings. The average molecular weight is 492 g/mol. The Morgan fingerprint density at radius 2 is 1.63 bits per heavy atom. The van der Waals surface area contributed by atoms with Gasteiger partial charge in [0.1, 0.15) is 11.5 Å². The summed E-state index contributed by atoms with van der Waals surface area (Å²) in [6, 6.07) is 18.3. The molecular weight excluding hydrogens is 476 g/mol. The first-order valence-electron chi connectivity index (χ1n) is 8.20. The number of hydrogen-bond acceptors (Lipinski definition) is 3. The van der Waals surface area contributed by atoms with Crippen LogP contribution in [0, 0.1) is 0 Å². The van der Waals surface area contributed by atoms with Crippen LogP contribution in [0.2, 0.25) is 0 Å². The Kier molecular flexibility index (Phi) is 6.19. The van der Waals surface area contributed by atoms with Gasteiger partial charge in [-0.2, -0.15) is 0 Å². The van der Waals surface area contributed by atoms with Crippen molar-refractivity contribution in [3.05, 3.63) is 75.2 Å². The number of benzene rings is 3. The van der Waals surface area contributed by atoms with Crippen LogP contribution in [0.5, 0.6) is 17.2 Å². The van der Waals surface area contributed by atoms with Gasteiger partial charge in [0.2, 0.25) is 0 Å². The van der Waals surface area contributed by atoms with Crippen LogP contribution < -0.4 is 4.74 Å². The number of aliphatic carboxylic acids is 1. The molecule has 0 saturated carbocycles. The monoisotopic (exact) mass is 490 g/mol. The predicted octanol–water partition coefficient (Wildman–Crippen LogP) is 6.39. The van der Waals surface area contributed by atoms with Crippen molar-refractivity contribution in [1.29, 1.82) is 0 Å². The van der Waals surface area contributed by atoms with Crippen LogP contribution in [0.3, 0.4) is 0 Å². The number of carboxylic acid groups (broad SMARTS) is 1. The third-order valence-electron chi connectivity index (χ3n) is 3.96. The topological polar surface area (TPSA) is 66.8 Å². The molecule has 0 fully saturated rings. The van der Waals surface area contributed by atoms with E-state index in [9.17, 15) is 9.90 Å². The lowest BCUT2D eigenvalue weighted by molar-refractivity contribution is -0.136. The van der Waals surface area contributed by atoms with Crippen molar-refractivity contribution in [2.75, 3.05) is 0 Å². The molecule has 3 aromatic carbocycles. The first-order chi connectivity index (χ1) is 12.9. The SMILES string of the molecule is O=C(O)CCc1cc(Br)c(Oc2ccc(O)c(-c3ccccc3)c2)c(Br)c1. The maximum atomic E-state index is 10.8. The lowest BCUT2D eigenvalue weighted by Crippen LogP contribution is -1.98. The predicted molar refractivity (Wildman–Crippen MR) is 111 cm³/mol. The Morgan fingerprint density at radius 3 is 2.26 bits per heavy atom. The molecule has 4 nitrogen and oxygen atoms in total. The van der Waals surface area contributed by atoms with Gasteiger partial charge < -0.3 is 14.9 Å². The van der Waals surface area contributed by atoms with Gasteiger partial charge in [0.15, 0.2) is 5.75 Å². The summed E-state index contributed by atoms with van der Waals surface area (Å²) in [7, 11) is 0. The van der Waals surface area contributed by atoms with Crippen LogP contribution in [-0.2, 0) is 11.2 Å². The Balaban J connectivity index is 1.88. The van der Waals surface area contributed by atoms with Gasteiger partial charge in [-0.3, -0.25) is 4.79 Å². The molecule has 3 rings (SSSR count). The molecule has 0 saturated heterocycles. The largest absolute Gasteiger partial charge is 0.507 e. The summed E-state index contributed by atoms with van der Waals surface area (Å²) in [4.78, 5) is 10.8. The van der Waals surface area contributed by atoms with E-state index in [1.54, 1.807) is 18.2 Å². The first-order valence-corrected chi connectivity index (χ1v) is 9.78. The zero-order chi connectivity index (χ0) is 19.4. The smallest absolute Gasteiger partial charge is 0.303 e. The Labute approximate surface area is 173 Å². The maximum absolute atomic E-state index is 10.8. The molecule has 27 heavy (non-hydrogen) atoms. The van der Waals surface area contributed by atoms with Gasteiger partial charge >= 0.3 is 5.97 Å². The molecule has 6 heteroatoms. The standard InChI is InChI=1S/C21H16Br2O4/c22-17-10-13(6-9-20(25)26)11-18(23)21(17)27-15-7-8-19(24)16(12-15)14-4-2-1-3-5-14/h1-5,7-8,10-12,24H,6,9H2,(H,25,26). The van der Waals surface area contributed by atoms with Crippen molar-refractivity contribution >= 4 is 37.8 Å². The van der Waals surface area contributed by atoms with Gasteiger partial charge in [-0.05, 0) is 79.7 Å². The molecule has 0 aliphatic rings. The zero-order valence-electron chi connectivity index (χ0n) is 14.2. The lowest BCUT2D eigenvalue weighted by Gasteiger charge is -2.13. The molecule has 0 bridgehead atoms. The number of phenols is 1. The van der Waals surface area contributed by atoms with Crippen molar-refractivity contribution in [2.45, 2.75) is 12.8 Å². The number of hydrogen-bond donors (Lipinski definition) is 2. The van der Waals surface area contributed by atoms with Gasteiger partial charge in [0.25, 0.3) is 0 Å². The van der Waals surface area contributed by atoms with Gasteiger partial charge in [-0.15, -0.1) is 0 Å². The number of rotatable bonds is 6. The zero-order valence-corrected chi connectivity index (χ0v) is 17.3. The van der Waals surface area contributed by atoms with Crippen LogP contribution >= 0.6 is 31.9 Å². The normalized spacial score (nSPS) is 10.6. The van der Waals surface area contributed by atoms with Crippen LogP contribution in [0.15, 0.2) is 69.6 Å². The van der Waals surface area contributed by atoms with Crippen LogP contribution in [0.25, 0.3) is 11.1 Å². The van der Waals surface area contributed by atoms with E-state index in [0.717, 1.165) is 11.1 Å². The molecule has 2 N–H and O–H groups in total. The highest BCUT2D eigenvalue weighted by Gasteiger charge is 2.13. The number of carboxylic acids is 1. The second kappa shape index (κ2) is 8.59. The number of ether oxygens (including phenoxy) is 1. The van der Waals surface area contributed by atoms with Gasteiger partial charge in [0, 0.05) is 12.0 Å². The third kappa shape index (κ3) is 4.90. The van der Waals surface area contributed by atoms with E-state index < -0.39 is 5.97 Å². The molecule has 0 aliphatic heterocycles. The minimum atomic E-state index is -0.833. The van der Waals surface area contributed by atoms with E-state index in [4.69, 9.17) is 9.84 Å². The molecule has 0 amide bonds. The van der Waals surface area contributed by atoms with E-state index in [1.807, 2.05) is 42.5 Å². The molecule has 0 aromatic heterocycles. The molecule has 138 valence electrons. The fourth-order valence-electron chi connectivity index (χ4n) is 2.65. The van der Waals surface area contributed by atoms with Crippen molar-refractivity contribution in [3.63, 3.8) is 0 Å². The number of aromatic hydroxyl groups is 1. The third-order valence-corrected chi connectivity index (χ3v) is 5.14. The van der Waals surface area contributed by atoms with E-state index in [2.05, 4.69) is 31.9 Å². The molecule has 0 spiro atoms. The van der Waals surface area contributed by atoms with Crippen molar-refractivity contribution in [1.82, 2.24) is 0 Å². The molecule has 0 radical (unpaired) electrons. The quantitative estimate of drug-likeness (QED) is 0.419. The fraction of sp³-hybridized carbons (Fsp3) is 0.0952. The number of carbonyl (C=O) groups is 1. The first kappa shape index (κ1) is 19.5. The highest BCUT2D eigenvalue weighted by molar-refractivity contribution is 9.11. The van der Waals surface area contributed by atoms with Crippen molar-refractivity contribution in [3.8, 4) is 28.4 Å². The minimum Gasteiger partial charge on any atom is -0.507 e. The Bertz CT molecular complexity index is 948. The maximum Gasteiger partial charge on any atom is 0.303 e. The summed E-state index contributed by atoms with van der Waals surface area (Å²) >= 11 is 6.98. The lowest BCUT2D eigenvalue weighted by atomic mass is 10.0. The summed E-state index contributed by atoms with van der Waals surface area (Å²) in [5, 5.41) is 19.0. The molecule has 0 heterocycles. The minimum absolute atomic E-state index is 0.0669. The number of aryl methyl sites for hydroxylation is 1. The summed E-state index contributed by atoms with van der Waals surface area (Å²) in [5.41, 5.74) is 2.46. The van der Waals surface area contributed by atoms with E-state index in [-0.39, 0.29) is 12.2 Å². The Hall–Kier alpha value is -2.31. The molecule has 0 aliphatic carbocycles. The van der Waals surface area contributed by atoms with Crippen LogP contribution in [0.4, 0.5) is 0 Å². The summed E-state index contributed by atoms with van der Waals surface area (Å²) < 4.78 is 7.45. The second-order valence-electron chi connectivity index (χ2n) is 5.93. The van der Waals surface area contributed by atoms with E-state index >= 15 is 0 Å². The van der Waals surface area contributed by atoms with Crippen LogP contribution in [0.1, 0.15) is 12.0 Å². The number of halogens is 2. The van der Waals surface area contributed by atoms with Crippen molar-refractivity contribution in [2.24, 2.45) is 0 Å². The van der Waals surface area contributed by atoms with E-state index in [1.165, 1.54) is 0 Å². The van der Waals surface area contributed by atoms with Gasteiger partial charge in [-0.25, -0.2) is 0 Å². The fourth-order valence-corrected chi connectivity index (χ4v) is 4.09. The second-order valence-corrected chi connectivity index (χ2v) is 7.64. The average Bonchev–Trinajstić information content (AvgIpc) is 2.65. The summed E-state index contributed by atoms with van der Waals surface area (Å²) in [6.07, 6.45) is 0.502. The highest BCUT2D eigenvalue weighted by Crippen LogP contribution is 2.40. The summed E-state index contributed by atoms with van der Waals surface area (Å²) in [5.74, 6) is 0.501. The molecular formula is C21H16Br2O4.